The number of rotatable bonds is 2. The molecule has 2 rings (SSSR count). The predicted octanol–water partition coefficient (Wildman–Crippen LogP) is 3.89. The van der Waals surface area contributed by atoms with Gasteiger partial charge < -0.3 is 0 Å². The molecule has 1 atom stereocenters. The summed E-state index contributed by atoms with van der Waals surface area (Å²) in [6, 6.07) is 17.3. The molecular formula is C13H12IP. The largest absolute Gasteiger partial charge is 0.0936 e. The van der Waals surface area contributed by atoms with Gasteiger partial charge in [0.1, 0.15) is 0 Å². The Kier molecular flexibility index (Phi) is 3.76. The fraction of sp³-hybridized carbons (Fsp3) is 0.0769. The second-order valence-electron chi connectivity index (χ2n) is 3.31. The van der Waals surface area contributed by atoms with Crippen molar-refractivity contribution in [3.05, 3.63) is 52.1 Å². The lowest BCUT2D eigenvalue weighted by Gasteiger charge is -2.05. The van der Waals surface area contributed by atoms with Gasteiger partial charge in [-0.3, -0.25) is 0 Å². The summed E-state index contributed by atoms with van der Waals surface area (Å²) < 4.78 is 1.31. The van der Waals surface area contributed by atoms with Gasteiger partial charge in [-0.25, -0.2) is 0 Å². The highest BCUT2D eigenvalue weighted by atomic mass is 127. The third-order valence-electron chi connectivity index (χ3n) is 2.36. The van der Waals surface area contributed by atoms with E-state index in [9.17, 15) is 0 Å². The molecule has 0 amide bonds. The molecule has 2 aromatic carbocycles. The molecule has 0 nitrogen and oxygen atoms in total. The molecule has 2 aromatic rings. The Morgan fingerprint density at radius 1 is 0.933 bits per heavy atom. The summed E-state index contributed by atoms with van der Waals surface area (Å²) >= 11 is 2.38. The van der Waals surface area contributed by atoms with Crippen LogP contribution < -0.4 is 5.30 Å². The minimum Gasteiger partial charge on any atom is -0.0936 e. The van der Waals surface area contributed by atoms with Crippen LogP contribution in [0.1, 0.15) is 0 Å². The molecule has 0 aliphatic heterocycles. The van der Waals surface area contributed by atoms with Crippen LogP contribution in [0.25, 0.3) is 11.1 Å². The van der Waals surface area contributed by atoms with Gasteiger partial charge in [0.2, 0.25) is 0 Å². The van der Waals surface area contributed by atoms with Crippen molar-refractivity contribution in [2.75, 3.05) is 6.66 Å². The van der Waals surface area contributed by atoms with E-state index >= 15 is 0 Å². The molecule has 0 aliphatic rings. The van der Waals surface area contributed by atoms with Gasteiger partial charge in [-0.1, -0.05) is 51.0 Å². The first-order chi connectivity index (χ1) is 7.31. The normalized spacial score (nSPS) is 11.1. The Balaban J connectivity index is 2.42. The molecule has 0 N–H and O–H groups in total. The summed E-state index contributed by atoms with van der Waals surface area (Å²) in [7, 11) is 0.879. The summed E-state index contributed by atoms with van der Waals surface area (Å²) in [4.78, 5) is 0. The maximum atomic E-state index is 2.38. The third kappa shape index (κ3) is 2.59. The standard InChI is InChI=1S/C13H12IP/c1-15-11-8-6-10(7-9-11)12-4-2-3-5-13(12)14/h2-9,15H,1H3. The van der Waals surface area contributed by atoms with Crippen LogP contribution in [0.4, 0.5) is 0 Å². The van der Waals surface area contributed by atoms with Gasteiger partial charge in [0.05, 0.1) is 0 Å². The third-order valence-corrected chi connectivity index (χ3v) is 4.21. The minimum atomic E-state index is 0.879. The second-order valence-corrected chi connectivity index (χ2v) is 5.55. The molecule has 0 heterocycles. The molecule has 0 fully saturated rings. The maximum absolute atomic E-state index is 2.38. The molecular weight excluding hydrogens is 314 g/mol. The van der Waals surface area contributed by atoms with E-state index in [1.807, 2.05) is 0 Å². The average Bonchev–Trinajstić information content (AvgIpc) is 2.30. The van der Waals surface area contributed by atoms with Crippen LogP contribution in [-0.4, -0.2) is 6.66 Å². The van der Waals surface area contributed by atoms with E-state index in [0.717, 1.165) is 8.58 Å². The number of hydrogen-bond acceptors (Lipinski definition) is 0. The van der Waals surface area contributed by atoms with Crippen molar-refractivity contribution < 1.29 is 0 Å². The van der Waals surface area contributed by atoms with Crippen LogP contribution in [0.2, 0.25) is 0 Å². The Morgan fingerprint density at radius 2 is 1.60 bits per heavy atom. The van der Waals surface area contributed by atoms with Crippen molar-refractivity contribution in [1.82, 2.24) is 0 Å². The van der Waals surface area contributed by atoms with Crippen LogP contribution in [0.5, 0.6) is 0 Å². The Morgan fingerprint density at radius 3 is 2.20 bits per heavy atom. The Hall–Kier alpha value is -0.400. The molecule has 0 saturated carbocycles. The summed E-state index contributed by atoms with van der Waals surface area (Å²) in [5.41, 5.74) is 2.63. The number of halogens is 1. The monoisotopic (exact) mass is 326 g/mol. The zero-order chi connectivity index (χ0) is 10.7. The molecule has 76 valence electrons. The van der Waals surface area contributed by atoms with E-state index in [2.05, 4.69) is 77.8 Å². The van der Waals surface area contributed by atoms with E-state index < -0.39 is 0 Å². The van der Waals surface area contributed by atoms with Crippen LogP contribution >= 0.6 is 31.2 Å². The quantitative estimate of drug-likeness (QED) is 0.580. The zero-order valence-electron chi connectivity index (χ0n) is 8.50. The van der Waals surface area contributed by atoms with E-state index in [-0.39, 0.29) is 0 Å². The molecule has 0 bridgehead atoms. The summed E-state index contributed by atoms with van der Waals surface area (Å²) in [6.45, 7) is 2.21. The molecule has 0 radical (unpaired) electrons. The van der Waals surface area contributed by atoms with Gasteiger partial charge in [0, 0.05) is 3.57 Å². The zero-order valence-corrected chi connectivity index (χ0v) is 11.7. The number of hydrogen-bond donors (Lipinski definition) is 0. The topological polar surface area (TPSA) is 0 Å². The van der Waals surface area contributed by atoms with Crippen molar-refractivity contribution in [2.45, 2.75) is 0 Å². The summed E-state index contributed by atoms with van der Waals surface area (Å²) in [6.07, 6.45) is 0. The Bertz CT molecular complexity index is 448. The van der Waals surface area contributed by atoms with Crippen molar-refractivity contribution in [1.29, 1.82) is 0 Å². The highest BCUT2D eigenvalue weighted by molar-refractivity contribution is 14.1. The fourth-order valence-corrected chi connectivity index (χ4v) is 2.71. The molecule has 2 heteroatoms. The van der Waals surface area contributed by atoms with E-state index in [1.165, 1.54) is 20.0 Å². The average molecular weight is 326 g/mol. The summed E-state index contributed by atoms with van der Waals surface area (Å²) in [5, 5.41) is 1.42. The lowest BCUT2D eigenvalue weighted by Crippen LogP contribution is -1.92. The van der Waals surface area contributed by atoms with Gasteiger partial charge in [-0.05, 0) is 51.8 Å². The van der Waals surface area contributed by atoms with Crippen molar-refractivity contribution in [2.24, 2.45) is 0 Å². The molecule has 1 unspecified atom stereocenters. The lowest BCUT2D eigenvalue weighted by atomic mass is 10.1. The first-order valence-corrected chi connectivity index (χ1v) is 7.42. The van der Waals surface area contributed by atoms with E-state index in [0.29, 0.717) is 0 Å². The second kappa shape index (κ2) is 5.09. The minimum absolute atomic E-state index is 0.879. The fourth-order valence-electron chi connectivity index (χ4n) is 1.51. The number of benzene rings is 2. The smallest absolute Gasteiger partial charge is 0.0208 e. The lowest BCUT2D eigenvalue weighted by molar-refractivity contribution is 1.59. The molecule has 0 spiro atoms. The van der Waals surface area contributed by atoms with Gasteiger partial charge in [-0.2, -0.15) is 0 Å². The van der Waals surface area contributed by atoms with Gasteiger partial charge in [0.25, 0.3) is 0 Å². The van der Waals surface area contributed by atoms with Crippen LogP contribution in [0, 0.1) is 3.57 Å². The van der Waals surface area contributed by atoms with Crippen molar-refractivity contribution >= 4 is 36.5 Å². The highest BCUT2D eigenvalue weighted by Gasteiger charge is 2.00. The predicted molar refractivity (Wildman–Crippen MR) is 78.5 cm³/mol. The molecule has 0 saturated heterocycles. The van der Waals surface area contributed by atoms with Gasteiger partial charge in [0.15, 0.2) is 0 Å². The molecule has 15 heavy (non-hydrogen) atoms. The van der Waals surface area contributed by atoms with E-state index in [4.69, 9.17) is 0 Å². The molecule has 0 aliphatic carbocycles. The Labute approximate surface area is 106 Å². The summed E-state index contributed by atoms with van der Waals surface area (Å²) in [5.74, 6) is 0. The molecule has 0 aromatic heterocycles. The van der Waals surface area contributed by atoms with E-state index in [1.54, 1.807) is 0 Å². The van der Waals surface area contributed by atoms with Gasteiger partial charge in [-0.15, -0.1) is 0 Å². The van der Waals surface area contributed by atoms with Crippen LogP contribution in [0.3, 0.4) is 0 Å². The van der Waals surface area contributed by atoms with Crippen LogP contribution in [0.15, 0.2) is 48.5 Å². The van der Waals surface area contributed by atoms with Gasteiger partial charge >= 0.3 is 0 Å². The van der Waals surface area contributed by atoms with Crippen molar-refractivity contribution in [3.63, 3.8) is 0 Å². The highest BCUT2D eigenvalue weighted by Crippen LogP contribution is 2.24. The first-order valence-electron chi connectivity index (χ1n) is 4.84. The SMILES string of the molecule is CPc1ccc(-c2ccccc2I)cc1. The first kappa shape index (κ1) is 11.1. The van der Waals surface area contributed by atoms with Crippen molar-refractivity contribution in [3.8, 4) is 11.1 Å². The van der Waals surface area contributed by atoms with Crippen LogP contribution in [-0.2, 0) is 0 Å². The maximum Gasteiger partial charge on any atom is 0.0208 e.